The van der Waals surface area contributed by atoms with Gasteiger partial charge < -0.3 is 9.30 Å². The predicted octanol–water partition coefficient (Wildman–Crippen LogP) is 2.77. The second-order valence-electron chi connectivity index (χ2n) is 3.33. The fourth-order valence-corrected chi connectivity index (χ4v) is 1.09. The van der Waals surface area contributed by atoms with Gasteiger partial charge in [-0.2, -0.15) is 26.3 Å². The van der Waals surface area contributed by atoms with Crippen LogP contribution in [0.15, 0.2) is 18.5 Å². The van der Waals surface area contributed by atoms with Gasteiger partial charge in [-0.15, -0.1) is 0 Å². The van der Waals surface area contributed by atoms with Crippen molar-refractivity contribution in [3.8, 4) is 0 Å². The van der Waals surface area contributed by atoms with E-state index in [1.807, 2.05) is 0 Å². The molecule has 1 rings (SSSR count). The lowest BCUT2D eigenvalue weighted by molar-refractivity contribution is -0.181. The Bertz CT molecular complexity index is 419. The summed E-state index contributed by atoms with van der Waals surface area (Å²) in [6.45, 7) is -2.11. The highest BCUT2D eigenvalue weighted by atomic mass is 19.4. The van der Waals surface area contributed by atoms with Crippen molar-refractivity contribution in [3.05, 3.63) is 24.0 Å². The maximum atomic E-state index is 12.0. The molecule has 0 atom stereocenters. The molecule has 0 aliphatic heterocycles. The highest BCUT2D eigenvalue weighted by Crippen LogP contribution is 2.21. The topological polar surface area (TPSA) is 31.2 Å². The zero-order valence-electron chi connectivity index (χ0n) is 8.68. The molecule has 18 heavy (non-hydrogen) atoms. The molecular formula is C9H7F6NO2. The summed E-state index contributed by atoms with van der Waals surface area (Å²) in [6, 6.07) is 0.854. The van der Waals surface area contributed by atoms with Crippen LogP contribution in [-0.2, 0) is 11.5 Å². The zero-order valence-corrected chi connectivity index (χ0v) is 8.68. The predicted molar refractivity (Wildman–Crippen MR) is 46.8 cm³/mol. The maximum Gasteiger partial charge on any atom is 0.454 e. The van der Waals surface area contributed by atoms with E-state index < -0.39 is 37.0 Å². The first-order chi connectivity index (χ1) is 8.09. The van der Waals surface area contributed by atoms with Crippen LogP contribution in [0.2, 0.25) is 0 Å². The molecule has 0 amide bonds. The molecule has 102 valence electrons. The summed E-state index contributed by atoms with van der Waals surface area (Å²) in [5.41, 5.74) is -0.655. The van der Waals surface area contributed by atoms with Crippen LogP contribution in [0, 0.1) is 0 Å². The van der Waals surface area contributed by atoms with E-state index in [9.17, 15) is 31.1 Å². The third-order valence-corrected chi connectivity index (χ3v) is 1.78. The molecule has 0 saturated carbocycles. The number of ether oxygens (including phenoxy) is 1. The Morgan fingerprint density at radius 3 is 2.33 bits per heavy atom. The first-order valence-corrected chi connectivity index (χ1v) is 4.51. The number of hydrogen-bond donors (Lipinski definition) is 0. The molecule has 0 spiro atoms. The first-order valence-electron chi connectivity index (χ1n) is 4.51. The first kappa shape index (κ1) is 14.6. The Balaban J connectivity index is 2.57. The summed E-state index contributed by atoms with van der Waals surface area (Å²) in [7, 11) is 0. The van der Waals surface area contributed by atoms with Crippen LogP contribution >= 0.6 is 0 Å². The van der Waals surface area contributed by atoms with Gasteiger partial charge in [0, 0.05) is 18.0 Å². The Kier molecular flexibility index (Phi) is 4.05. The van der Waals surface area contributed by atoms with Gasteiger partial charge in [-0.05, 0) is 6.07 Å². The molecular weight excluding hydrogens is 268 g/mol. The minimum Gasteiger partial charge on any atom is -0.351 e. The number of carbonyl (C=O) groups excluding carboxylic acids is 1. The van der Waals surface area contributed by atoms with Gasteiger partial charge in [0.1, 0.15) is 13.3 Å². The van der Waals surface area contributed by atoms with E-state index in [-0.39, 0.29) is 0 Å². The number of ketones is 1. The highest BCUT2D eigenvalue weighted by Gasteiger charge is 2.39. The monoisotopic (exact) mass is 275 g/mol. The molecule has 0 saturated heterocycles. The quantitative estimate of drug-likeness (QED) is 0.625. The van der Waals surface area contributed by atoms with Crippen LogP contribution in [0.3, 0.4) is 0 Å². The largest absolute Gasteiger partial charge is 0.454 e. The van der Waals surface area contributed by atoms with Crippen molar-refractivity contribution in [2.24, 2.45) is 0 Å². The number of aromatic nitrogens is 1. The number of hydrogen-bond acceptors (Lipinski definition) is 2. The van der Waals surface area contributed by atoms with Crippen LogP contribution < -0.4 is 0 Å². The lowest BCUT2D eigenvalue weighted by Gasteiger charge is -2.08. The van der Waals surface area contributed by atoms with Gasteiger partial charge in [-0.25, -0.2) is 0 Å². The summed E-state index contributed by atoms with van der Waals surface area (Å²) in [5.74, 6) is -2.06. The fraction of sp³-hybridized carbons (Fsp3) is 0.444. The van der Waals surface area contributed by atoms with Crippen molar-refractivity contribution in [2.75, 3.05) is 6.61 Å². The van der Waals surface area contributed by atoms with Crippen LogP contribution in [0.5, 0.6) is 0 Å². The highest BCUT2D eigenvalue weighted by molar-refractivity contribution is 6.00. The van der Waals surface area contributed by atoms with E-state index in [1.54, 1.807) is 0 Å². The van der Waals surface area contributed by atoms with Crippen molar-refractivity contribution in [2.45, 2.75) is 19.1 Å². The molecule has 3 nitrogen and oxygen atoms in total. The number of alkyl halides is 6. The average Bonchev–Trinajstić information content (AvgIpc) is 2.61. The summed E-state index contributed by atoms with van der Waals surface area (Å²) in [4.78, 5) is 10.8. The SMILES string of the molecule is O=C(c1ccn(COCC(F)(F)F)c1)C(F)(F)F. The molecule has 0 unspecified atom stereocenters. The third kappa shape index (κ3) is 4.40. The number of Topliss-reactive ketones (excluding diaryl/α,β-unsaturated/α-hetero) is 1. The van der Waals surface area contributed by atoms with Crippen LogP contribution in [0.4, 0.5) is 26.3 Å². The molecule has 0 aliphatic carbocycles. The second-order valence-corrected chi connectivity index (χ2v) is 3.33. The van der Waals surface area contributed by atoms with E-state index in [2.05, 4.69) is 4.74 Å². The lowest BCUT2D eigenvalue weighted by atomic mass is 10.2. The Morgan fingerprint density at radius 2 is 1.83 bits per heavy atom. The van der Waals surface area contributed by atoms with Crippen molar-refractivity contribution in [3.63, 3.8) is 0 Å². The van der Waals surface area contributed by atoms with Gasteiger partial charge in [-0.1, -0.05) is 0 Å². The number of rotatable bonds is 4. The molecule has 9 heteroatoms. The number of carbonyl (C=O) groups is 1. The van der Waals surface area contributed by atoms with Gasteiger partial charge in [0.05, 0.1) is 0 Å². The van der Waals surface area contributed by atoms with Gasteiger partial charge in [0.2, 0.25) is 0 Å². The van der Waals surface area contributed by atoms with E-state index in [0.717, 1.165) is 23.0 Å². The van der Waals surface area contributed by atoms with Crippen LogP contribution in [0.25, 0.3) is 0 Å². The third-order valence-electron chi connectivity index (χ3n) is 1.78. The lowest BCUT2D eigenvalue weighted by Crippen LogP contribution is -2.22. The number of halogens is 6. The van der Waals surface area contributed by atoms with E-state index in [1.165, 1.54) is 0 Å². The van der Waals surface area contributed by atoms with Crippen LogP contribution in [0.1, 0.15) is 10.4 Å². The second kappa shape index (κ2) is 5.01. The molecule has 0 fully saturated rings. The summed E-state index contributed by atoms with van der Waals surface area (Å²) < 4.78 is 76.3. The molecule has 0 aliphatic rings. The smallest absolute Gasteiger partial charge is 0.351 e. The molecule has 0 radical (unpaired) electrons. The van der Waals surface area contributed by atoms with Gasteiger partial charge in [0.15, 0.2) is 0 Å². The summed E-state index contributed by atoms with van der Waals surface area (Å²) >= 11 is 0. The Morgan fingerprint density at radius 1 is 1.22 bits per heavy atom. The normalized spacial score (nSPS) is 12.8. The summed E-state index contributed by atoms with van der Waals surface area (Å²) in [5, 5.41) is 0. The molecule has 0 N–H and O–H groups in total. The average molecular weight is 275 g/mol. The summed E-state index contributed by atoms with van der Waals surface area (Å²) in [6.07, 6.45) is -7.74. The van der Waals surface area contributed by atoms with E-state index >= 15 is 0 Å². The van der Waals surface area contributed by atoms with Gasteiger partial charge >= 0.3 is 12.4 Å². The Hall–Kier alpha value is -1.51. The zero-order chi connectivity index (χ0) is 14.0. The number of nitrogens with zero attached hydrogens (tertiary/aromatic N) is 1. The maximum absolute atomic E-state index is 12.0. The van der Waals surface area contributed by atoms with E-state index in [4.69, 9.17) is 0 Å². The van der Waals surface area contributed by atoms with Gasteiger partial charge in [0.25, 0.3) is 5.78 Å². The van der Waals surface area contributed by atoms with E-state index in [0.29, 0.717) is 0 Å². The molecule has 1 aromatic heterocycles. The van der Waals surface area contributed by atoms with Crippen molar-refractivity contribution < 1.29 is 35.9 Å². The molecule has 0 aromatic carbocycles. The van der Waals surface area contributed by atoms with Crippen molar-refractivity contribution in [1.29, 1.82) is 0 Å². The Labute approximate surface area is 96.9 Å². The standard InChI is InChI=1S/C9H7F6NO2/c10-8(11,12)4-18-5-16-2-1-6(3-16)7(17)9(13,14)15/h1-3H,4-5H2. The minimum absolute atomic E-state index is 0.593. The minimum atomic E-state index is -5.01. The molecule has 1 aromatic rings. The fourth-order valence-electron chi connectivity index (χ4n) is 1.09. The van der Waals surface area contributed by atoms with Crippen molar-refractivity contribution in [1.82, 2.24) is 4.57 Å². The molecule has 1 heterocycles. The van der Waals surface area contributed by atoms with Crippen LogP contribution in [-0.4, -0.2) is 29.3 Å². The van der Waals surface area contributed by atoms with Gasteiger partial charge in [-0.3, -0.25) is 4.79 Å². The van der Waals surface area contributed by atoms with Crippen molar-refractivity contribution >= 4 is 5.78 Å². The molecule has 0 bridgehead atoms.